The number of ether oxygens (including phenoxy) is 1. The molecule has 0 atom stereocenters. The molecule has 0 bridgehead atoms. The normalized spacial score (nSPS) is 10.3. The average Bonchev–Trinajstić information content (AvgIpc) is 2.51. The van der Waals surface area contributed by atoms with Crippen LogP contribution in [0.25, 0.3) is 0 Å². The molecule has 0 aliphatic carbocycles. The molecule has 1 aromatic carbocycles. The van der Waals surface area contributed by atoms with Gasteiger partial charge >= 0.3 is 0 Å². The Morgan fingerprint density at radius 2 is 1.86 bits per heavy atom. The third-order valence-corrected chi connectivity index (χ3v) is 3.20. The Labute approximate surface area is 131 Å². The Hall–Kier alpha value is -2.56. The van der Waals surface area contributed by atoms with E-state index in [2.05, 4.69) is 17.2 Å². The van der Waals surface area contributed by atoms with Crippen LogP contribution in [0.5, 0.6) is 5.75 Å². The van der Waals surface area contributed by atoms with Crippen molar-refractivity contribution in [2.24, 2.45) is 0 Å². The lowest BCUT2D eigenvalue weighted by atomic mass is 10.0. The van der Waals surface area contributed by atoms with Gasteiger partial charge in [0, 0.05) is 24.7 Å². The Morgan fingerprint density at radius 1 is 1.18 bits per heavy atom. The second kappa shape index (κ2) is 8.67. The lowest BCUT2D eigenvalue weighted by Gasteiger charge is -2.12. The summed E-state index contributed by atoms with van der Waals surface area (Å²) in [6.07, 6.45) is 4.14. The SMILES string of the molecule is C=CC(=O)NC/C=C/C(=O)NCc1cc(C)c(C)cc1OC. The van der Waals surface area contributed by atoms with Gasteiger partial charge < -0.3 is 15.4 Å². The topological polar surface area (TPSA) is 67.4 Å². The van der Waals surface area contributed by atoms with Gasteiger partial charge in [0.15, 0.2) is 0 Å². The maximum absolute atomic E-state index is 11.7. The minimum atomic E-state index is -0.273. The van der Waals surface area contributed by atoms with Crippen LogP contribution < -0.4 is 15.4 Å². The highest BCUT2D eigenvalue weighted by Gasteiger charge is 2.06. The van der Waals surface area contributed by atoms with Crippen LogP contribution in [0.1, 0.15) is 16.7 Å². The molecule has 0 unspecified atom stereocenters. The molecule has 0 saturated carbocycles. The van der Waals surface area contributed by atoms with Gasteiger partial charge in [0.2, 0.25) is 11.8 Å². The third kappa shape index (κ3) is 5.44. The van der Waals surface area contributed by atoms with Crippen molar-refractivity contribution in [2.45, 2.75) is 20.4 Å². The first-order valence-electron chi connectivity index (χ1n) is 6.96. The van der Waals surface area contributed by atoms with Crippen molar-refractivity contribution in [3.63, 3.8) is 0 Å². The second-order valence-electron chi connectivity index (χ2n) is 4.82. The largest absolute Gasteiger partial charge is 0.496 e. The lowest BCUT2D eigenvalue weighted by Crippen LogP contribution is -2.23. The van der Waals surface area contributed by atoms with Gasteiger partial charge in [-0.3, -0.25) is 9.59 Å². The predicted molar refractivity (Wildman–Crippen MR) is 86.7 cm³/mol. The Kier molecular flexibility index (Phi) is 6.89. The van der Waals surface area contributed by atoms with Crippen LogP contribution in [0.3, 0.4) is 0 Å². The molecule has 1 aromatic rings. The molecule has 0 fully saturated rings. The molecule has 5 nitrogen and oxygen atoms in total. The van der Waals surface area contributed by atoms with Gasteiger partial charge in [0.25, 0.3) is 0 Å². The number of nitrogens with one attached hydrogen (secondary N) is 2. The van der Waals surface area contributed by atoms with Crippen molar-refractivity contribution in [1.82, 2.24) is 10.6 Å². The first-order chi connectivity index (χ1) is 10.5. The standard InChI is InChI=1S/C17H22N2O3/c1-5-16(20)18-8-6-7-17(21)19-11-14-9-12(2)13(3)10-15(14)22-4/h5-7,9-10H,1,8,11H2,2-4H3,(H,18,20)(H,19,21)/b7-6+. The number of benzene rings is 1. The van der Waals surface area contributed by atoms with Crippen LogP contribution in [0, 0.1) is 13.8 Å². The summed E-state index contributed by atoms with van der Waals surface area (Å²) < 4.78 is 5.32. The number of carbonyl (C=O) groups is 2. The number of rotatable bonds is 7. The molecule has 0 saturated heterocycles. The molecule has 0 spiro atoms. The van der Waals surface area contributed by atoms with Crippen molar-refractivity contribution in [3.05, 3.63) is 53.6 Å². The number of hydrogen-bond donors (Lipinski definition) is 2. The van der Waals surface area contributed by atoms with Crippen LogP contribution in [0.2, 0.25) is 0 Å². The molecule has 118 valence electrons. The van der Waals surface area contributed by atoms with E-state index in [1.54, 1.807) is 13.2 Å². The van der Waals surface area contributed by atoms with E-state index in [0.717, 1.165) is 22.4 Å². The van der Waals surface area contributed by atoms with Crippen molar-refractivity contribution in [2.75, 3.05) is 13.7 Å². The summed E-state index contributed by atoms with van der Waals surface area (Å²) in [6, 6.07) is 3.96. The van der Waals surface area contributed by atoms with E-state index in [4.69, 9.17) is 4.74 Å². The van der Waals surface area contributed by atoms with Gasteiger partial charge in [0.05, 0.1) is 7.11 Å². The number of aryl methyl sites for hydroxylation is 2. The summed E-state index contributed by atoms with van der Waals surface area (Å²) in [6.45, 7) is 8.03. The average molecular weight is 302 g/mol. The van der Waals surface area contributed by atoms with Crippen molar-refractivity contribution >= 4 is 11.8 Å². The van der Waals surface area contributed by atoms with Crippen LogP contribution in [0.4, 0.5) is 0 Å². The summed E-state index contributed by atoms with van der Waals surface area (Å²) in [7, 11) is 1.61. The Balaban J connectivity index is 2.54. The van der Waals surface area contributed by atoms with Gasteiger partial charge in [-0.2, -0.15) is 0 Å². The number of hydrogen-bond acceptors (Lipinski definition) is 3. The zero-order valence-electron chi connectivity index (χ0n) is 13.2. The fourth-order valence-electron chi connectivity index (χ4n) is 1.82. The minimum Gasteiger partial charge on any atom is -0.496 e. The summed E-state index contributed by atoms with van der Waals surface area (Å²) >= 11 is 0. The van der Waals surface area contributed by atoms with E-state index >= 15 is 0 Å². The van der Waals surface area contributed by atoms with Crippen LogP contribution >= 0.6 is 0 Å². The predicted octanol–water partition coefficient (Wildman–Crippen LogP) is 1.79. The van der Waals surface area contributed by atoms with Crippen molar-refractivity contribution < 1.29 is 14.3 Å². The Morgan fingerprint density at radius 3 is 2.50 bits per heavy atom. The van der Waals surface area contributed by atoms with Crippen LogP contribution in [-0.4, -0.2) is 25.5 Å². The fraction of sp³-hybridized carbons (Fsp3) is 0.294. The second-order valence-corrected chi connectivity index (χ2v) is 4.82. The summed E-state index contributed by atoms with van der Waals surface area (Å²) in [5, 5.41) is 5.33. The zero-order valence-corrected chi connectivity index (χ0v) is 13.2. The zero-order chi connectivity index (χ0) is 16.5. The first-order valence-corrected chi connectivity index (χ1v) is 6.96. The van der Waals surface area contributed by atoms with Gasteiger partial charge in [-0.25, -0.2) is 0 Å². The fourth-order valence-corrected chi connectivity index (χ4v) is 1.82. The molecule has 2 amide bonds. The first kappa shape index (κ1) is 17.5. The third-order valence-electron chi connectivity index (χ3n) is 3.20. The highest BCUT2D eigenvalue weighted by molar-refractivity contribution is 5.88. The van der Waals surface area contributed by atoms with Gasteiger partial charge in [-0.05, 0) is 37.1 Å². The molecule has 5 heteroatoms. The van der Waals surface area contributed by atoms with E-state index in [-0.39, 0.29) is 18.4 Å². The molecular formula is C17H22N2O3. The van der Waals surface area contributed by atoms with Crippen LogP contribution in [-0.2, 0) is 16.1 Å². The molecule has 22 heavy (non-hydrogen) atoms. The summed E-state index contributed by atoms with van der Waals surface area (Å²) in [5.41, 5.74) is 3.21. The number of amides is 2. The highest BCUT2D eigenvalue weighted by Crippen LogP contribution is 2.22. The number of carbonyl (C=O) groups excluding carboxylic acids is 2. The van der Waals surface area contributed by atoms with Gasteiger partial charge in [-0.1, -0.05) is 18.7 Å². The molecule has 0 aliphatic heterocycles. The van der Waals surface area contributed by atoms with E-state index in [1.165, 1.54) is 12.2 Å². The minimum absolute atomic E-state index is 0.229. The van der Waals surface area contributed by atoms with Crippen molar-refractivity contribution in [3.8, 4) is 5.75 Å². The van der Waals surface area contributed by atoms with E-state index in [9.17, 15) is 9.59 Å². The molecule has 0 aromatic heterocycles. The van der Waals surface area contributed by atoms with Gasteiger partial charge in [-0.15, -0.1) is 0 Å². The molecule has 0 radical (unpaired) electrons. The van der Waals surface area contributed by atoms with E-state index < -0.39 is 0 Å². The smallest absolute Gasteiger partial charge is 0.243 e. The molecular weight excluding hydrogens is 280 g/mol. The quantitative estimate of drug-likeness (QED) is 0.755. The van der Waals surface area contributed by atoms with Crippen molar-refractivity contribution in [1.29, 1.82) is 0 Å². The van der Waals surface area contributed by atoms with Gasteiger partial charge in [0.1, 0.15) is 5.75 Å². The van der Waals surface area contributed by atoms with E-state index in [0.29, 0.717) is 6.54 Å². The molecule has 2 N–H and O–H groups in total. The maximum Gasteiger partial charge on any atom is 0.243 e. The Bertz CT molecular complexity index is 592. The lowest BCUT2D eigenvalue weighted by molar-refractivity contribution is -0.117. The summed E-state index contributed by atoms with van der Waals surface area (Å²) in [4.78, 5) is 22.6. The number of methoxy groups -OCH3 is 1. The maximum atomic E-state index is 11.7. The monoisotopic (exact) mass is 302 g/mol. The molecule has 0 heterocycles. The highest BCUT2D eigenvalue weighted by atomic mass is 16.5. The van der Waals surface area contributed by atoms with E-state index in [1.807, 2.05) is 26.0 Å². The van der Waals surface area contributed by atoms with Crippen LogP contribution in [0.15, 0.2) is 36.9 Å². The summed E-state index contributed by atoms with van der Waals surface area (Å²) in [5.74, 6) is 0.253. The molecule has 1 rings (SSSR count). The molecule has 0 aliphatic rings.